The van der Waals surface area contributed by atoms with E-state index in [4.69, 9.17) is 0 Å². The highest BCUT2D eigenvalue weighted by molar-refractivity contribution is 7.99. The molecule has 1 fully saturated rings. The quantitative estimate of drug-likeness (QED) is 0.828. The van der Waals surface area contributed by atoms with Gasteiger partial charge in [0.1, 0.15) is 5.82 Å². The molecule has 1 aromatic rings. The van der Waals surface area contributed by atoms with Crippen LogP contribution in [0.25, 0.3) is 0 Å². The van der Waals surface area contributed by atoms with Crippen molar-refractivity contribution in [3.05, 3.63) is 30.1 Å². The number of hydrogen-bond acceptors (Lipinski definition) is 2. The van der Waals surface area contributed by atoms with Gasteiger partial charge in [-0.1, -0.05) is 20.3 Å². The second-order valence-corrected chi connectivity index (χ2v) is 6.95. The molecule has 106 valence electrons. The predicted molar refractivity (Wildman–Crippen MR) is 78.8 cm³/mol. The SMILES string of the molecule is CC1CCC(C(O)CSc2ccc(F)cc2)CC1C. The molecule has 1 saturated carbocycles. The van der Waals surface area contributed by atoms with Gasteiger partial charge in [0.2, 0.25) is 0 Å². The first-order valence-corrected chi connectivity index (χ1v) is 8.11. The second-order valence-electron chi connectivity index (χ2n) is 5.86. The van der Waals surface area contributed by atoms with Crippen LogP contribution in [0.3, 0.4) is 0 Å². The summed E-state index contributed by atoms with van der Waals surface area (Å²) < 4.78 is 12.8. The molecule has 1 aliphatic rings. The smallest absolute Gasteiger partial charge is 0.123 e. The van der Waals surface area contributed by atoms with Crippen molar-refractivity contribution in [2.45, 2.75) is 44.1 Å². The van der Waals surface area contributed by atoms with E-state index in [9.17, 15) is 9.50 Å². The van der Waals surface area contributed by atoms with Gasteiger partial charge in [0, 0.05) is 10.6 Å². The number of thioether (sulfide) groups is 1. The average Bonchev–Trinajstić information content (AvgIpc) is 2.41. The average molecular weight is 282 g/mol. The standard InChI is InChI=1S/C16H23FOS/c1-11-3-4-13(9-12(11)2)16(18)10-19-15-7-5-14(17)6-8-15/h5-8,11-13,16,18H,3-4,9-10H2,1-2H3. The molecule has 0 aliphatic heterocycles. The minimum absolute atomic E-state index is 0.208. The maximum atomic E-state index is 12.8. The molecule has 4 unspecified atom stereocenters. The summed E-state index contributed by atoms with van der Waals surface area (Å²) in [5.41, 5.74) is 0. The first-order chi connectivity index (χ1) is 9.06. The molecule has 1 N–H and O–H groups in total. The lowest BCUT2D eigenvalue weighted by Crippen LogP contribution is -2.30. The zero-order valence-electron chi connectivity index (χ0n) is 11.7. The Morgan fingerprint density at radius 2 is 1.89 bits per heavy atom. The van der Waals surface area contributed by atoms with E-state index >= 15 is 0 Å². The van der Waals surface area contributed by atoms with E-state index in [1.807, 2.05) is 0 Å². The monoisotopic (exact) mass is 282 g/mol. The van der Waals surface area contributed by atoms with Crippen LogP contribution in [0.2, 0.25) is 0 Å². The van der Waals surface area contributed by atoms with E-state index in [0.29, 0.717) is 17.6 Å². The van der Waals surface area contributed by atoms with Crippen molar-refractivity contribution in [2.24, 2.45) is 17.8 Å². The summed E-state index contributed by atoms with van der Waals surface area (Å²) in [6.45, 7) is 4.59. The number of halogens is 1. The van der Waals surface area contributed by atoms with E-state index < -0.39 is 0 Å². The van der Waals surface area contributed by atoms with Crippen LogP contribution in [0.15, 0.2) is 29.2 Å². The third-order valence-corrected chi connectivity index (χ3v) is 5.53. The van der Waals surface area contributed by atoms with E-state index in [1.165, 1.54) is 18.6 Å². The highest BCUT2D eigenvalue weighted by atomic mass is 32.2. The molecule has 4 atom stereocenters. The Kier molecular flexibility index (Phi) is 5.28. The number of aliphatic hydroxyl groups is 1. The Labute approximate surface area is 119 Å². The van der Waals surface area contributed by atoms with Gasteiger partial charge in [-0.2, -0.15) is 0 Å². The van der Waals surface area contributed by atoms with Gasteiger partial charge in [0.05, 0.1) is 6.10 Å². The Balaban J connectivity index is 1.81. The van der Waals surface area contributed by atoms with Crippen molar-refractivity contribution in [3.63, 3.8) is 0 Å². The maximum Gasteiger partial charge on any atom is 0.123 e. The summed E-state index contributed by atoms with van der Waals surface area (Å²) in [4.78, 5) is 1.03. The van der Waals surface area contributed by atoms with Crippen LogP contribution in [0, 0.1) is 23.6 Å². The molecule has 19 heavy (non-hydrogen) atoms. The van der Waals surface area contributed by atoms with Crippen LogP contribution in [0.4, 0.5) is 4.39 Å². The van der Waals surface area contributed by atoms with Crippen molar-refractivity contribution >= 4 is 11.8 Å². The Morgan fingerprint density at radius 3 is 2.53 bits per heavy atom. The van der Waals surface area contributed by atoms with E-state index in [0.717, 1.165) is 23.7 Å². The van der Waals surface area contributed by atoms with Gasteiger partial charge in [-0.15, -0.1) is 11.8 Å². The molecule has 0 radical (unpaired) electrons. The summed E-state index contributed by atoms with van der Waals surface area (Å²) in [5, 5.41) is 10.3. The molecule has 1 nitrogen and oxygen atoms in total. The lowest BCUT2D eigenvalue weighted by Gasteiger charge is -2.34. The summed E-state index contributed by atoms with van der Waals surface area (Å²) in [5.74, 6) is 2.42. The molecule has 0 spiro atoms. The van der Waals surface area contributed by atoms with Crippen LogP contribution < -0.4 is 0 Å². The molecule has 0 aromatic heterocycles. The zero-order valence-corrected chi connectivity index (χ0v) is 12.5. The minimum atomic E-state index is -0.245. The predicted octanol–water partition coefficient (Wildman–Crippen LogP) is 4.35. The molecule has 3 heteroatoms. The van der Waals surface area contributed by atoms with E-state index in [1.54, 1.807) is 23.9 Å². The van der Waals surface area contributed by atoms with Gasteiger partial charge >= 0.3 is 0 Å². The van der Waals surface area contributed by atoms with Crippen LogP contribution in [-0.4, -0.2) is 17.0 Å². The number of hydrogen-bond donors (Lipinski definition) is 1. The molecule has 1 aromatic carbocycles. The van der Waals surface area contributed by atoms with Gasteiger partial charge in [0.25, 0.3) is 0 Å². The van der Waals surface area contributed by atoms with Gasteiger partial charge in [0.15, 0.2) is 0 Å². The van der Waals surface area contributed by atoms with Crippen molar-refractivity contribution < 1.29 is 9.50 Å². The van der Waals surface area contributed by atoms with Crippen molar-refractivity contribution in [1.82, 2.24) is 0 Å². The molecule has 0 saturated heterocycles. The zero-order chi connectivity index (χ0) is 13.8. The normalized spacial score (nSPS) is 29.2. The number of aliphatic hydroxyl groups excluding tert-OH is 1. The van der Waals surface area contributed by atoms with Crippen LogP contribution in [0.5, 0.6) is 0 Å². The number of rotatable bonds is 4. The first kappa shape index (κ1) is 14.9. The summed E-state index contributed by atoms with van der Waals surface area (Å²) in [7, 11) is 0. The maximum absolute atomic E-state index is 12.8. The fourth-order valence-electron chi connectivity index (χ4n) is 2.79. The minimum Gasteiger partial charge on any atom is -0.392 e. The topological polar surface area (TPSA) is 20.2 Å². The van der Waals surface area contributed by atoms with Crippen molar-refractivity contribution in [2.75, 3.05) is 5.75 Å². The lowest BCUT2D eigenvalue weighted by molar-refractivity contribution is 0.0729. The van der Waals surface area contributed by atoms with Crippen molar-refractivity contribution in [1.29, 1.82) is 0 Å². The fraction of sp³-hybridized carbons (Fsp3) is 0.625. The molecule has 0 heterocycles. The summed E-state index contributed by atoms with van der Waals surface area (Å²) in [6, 6.07) is 6.49. The Hall–Kier alpha value is -0.540. The Morgan fingerprint density at radius 1 is 1.21 bits per heavy atom. The van der Waals surface area contributed by atoms with Gasteiger partial charge < -0.3 is 5.11 Å². The molecular weight excluding hydrogens is 259 g/mol. The highest BCUT2D eigenvalue weighted by Crippen LogP contribution is 2.36. The molecular formula is C16H23FOS. The van der Waals surface area contributed by atoms with E-state index in [2.05, 4.69) is 13.8 Å². The number of benzene rings is 1. The highest BCUT2D eigenvalue weighted by Gasteiger charge is 2.29. The van der Waals surface area contributed by atoms with Gasteiger partial charge in [-0.25, -0.2) is 4.39 Å². The molecule has 0 bridgehead atoms. The van der Waals surface area contributed by atoms with Crippen LogP contribution in [0.1, 0.15) is 33.1 Å². The lowest BCUT2D eigenvalue weighted by atomic mass is 9.74. The summed E-state index contributed by atoms with van der Waals surface area (Å²) in [6.07, 6.45) is 3.25. The fourth-order valence-corrected chi connectivity index (χ4v) is 3.75. The molecule has 2 rings (SSSR count). The van der Waals surface area contributed by atoms with Crippen LogP contribution in [-0.2, 0) is 0 Å². The van der Waals surface area contributed by atoms with Crippen molar-refractivity contribution in [3.8, 4) is 0 Å². The second kappa shape index (κ2) is 6.76. The largest absolute Gasteiger partial charge is 0.392 e. The molecule has 1 aliphatic carbocycles. The van der Waals surface area contributed by atoms with Gasteiger partial charge in [-0.05, 0) is 54.9 Å². The van der Waals surface area contributed by atoms with Gasteiger partial charge in [-0.3, -0.25) is 0 Å². The molecule has 0 amide bonds. The third kappa shape index (κ3) is 4.22. The van der Waals surface area contributed by atoms with E-state index in [-0.39, 0.29) is 11.9 Å². The van der Waals surface area contributed by atoms with Crippen LogP contribution >= 0.6 is 11.8 Å². The first-order valence-electron chi connectivity index (χ1n) is 7.12. The Bertz CT molecular complexity index is 392. The summed E-state index contributed by atoms with van der Waals surface area (Å²) >= 11 is 1.62. The third-order valence-electron chi connectivity index (χ3n) is 4.42.